The first kappa shape index (κ1) is 16.9. The van der Waals surface area contributed by atoms with E-state index < -0.39 is 5.97 Å². The molecule has 0 spiro atoms. The Kier molecular flexibility index (Phi) is 5.62. The molecule has 1 heterocycles. The summed E-state index contributed by atoms with van der Waals surface area (Å²) in [5.41, 5.74) is 0.407. The summed E-state index contributed by atoms with van der Waals surface area (Å²) in [5, 5.41) is 8.99. The van der Waals surface area contributed by atoms with Crippen LogP contribution in [0.3, 0.4) is 0 Å². The molecule has 23 heavy (non-hydrogen) atoms. The Morgan fingerprint density at radius 3 is 2.91 bits per heavy atom. The Morgan fingerprint density at radius 1 is 1.48 bits per heavy atom. The van der Waals surface area contributed by atoms with E-state index in [0.717, 1.165) is 6.42 Å². The van der Waals surface area contributed by atoms with Crippen molar-refractivity contribution in [3.63, 3.8) is 0 Å². The minimum absolute atomic E-state index is 0.0370. The maximum atomic E-state index is 12.8. The molecule has 6 nitrogen and oxygen atoms in total. The maximum Gasteiger partial charge on any atom is 0.305 e. The monoisotopic (exact) mass is 319 g/mol. The summed E-state index contributed by atoms with van der Waals surface area (Å²) in [7, 11) is 1.54. The number of nitrogens with zero attached hydrogens (tertiary/aromatic N) is 1. The van der Waals surface area contributed by atoms with E-state index in [-0.39, 0.29) is 25.0 Å². The molecule has 0 saturated carbocycles. The molecule has 1 aromatic carbocycles. The molecule has 0 aromatic heterocycles. The van der Waals surface area contributed by atoms with Crippen LogP contribution < -0.4 is 9.47 Å². The highest BCUT2D eigenvalue weighted by atomic mass is 16.5. The van der Waals surface area contributed by atoms with Gasteiger partial charge in [0.2, 0.25) is 0 Å². The maximum absolute atomic E-state index is 12.8. The van der Waals surface area contributed by atoms with E-state index in [0.29, 0.717) is 30.0 Å². The zero-order valence-electron chi connectivity index (χ0n) is 13.2. The summed E-state index contributed by atoms with van der Waals surface area (Å²) >= 11 is 0. The smallest absolute Gasteiger partial charge is 0.305 e. The number of carbonyl (C=O) groups is 2. The molecular formula is C17H21NO5. The number of rotatable bonds is 7. The molecule has 1 fully saturated rings. The Hall–Kier alpha value is -2.50. The largest absolute Gasteiger partial charge is 0.497 e. The highest BCUT2D eigenvalue weighted by Crippen LogP contribution is 2.29. The third-order valence-corrected chi connectivity index (χ3v) is 3.82. The molecule has 1 aromatic rings. The van der Waals surface area contributed by atoms with Crippen molar-refractivity contribution in [1.82, 2.24) is 4.90 Å². The molecule has 1 aliphatic heterocycles. The molecule has 1 aliphatic rings. The van der Waals surface area contributed by atoms with E-state index in [1.165, 1.54) is 7.11 Å². The van der Waals surface area contributed by atoms with E-state index in [1.54, 1.807) is 29.2 Å². The molecule has 6 heteroatoms. The first-order valence-corrected chi connectivity index (χ1v) is 7.51. The van der Waals surface area contributed by atoms with Gasteiger partial charge in [0.05, 0.1) is 19.1 Å². The van der Waals surface area contributed by atoms with Crippen molar-refractivity contribution < 1.29 is 24.2 Å². The molecule has 1 N–H and O–H groups in total. The number of ether oxygens (including phenoxy) is 2. The quantitative estimate of drug-likeness (QED) is 0.781. The number of hydrogen-bond donors (Lipinski definition) is 1. The average Bonchev–Trinajstić information content (AvgIpc) is 2.99. The average molecular weight is 319 g/mol. The second kappa shape index (κ2) is 7.67. The molecule has 124 valence electrons. The highest BCUT2D eigenvalue weighted by molar-refractivity contribution is 5.97. The van der Waals surface area contributed by atoms with Crippen LogP contribution in [0.1, 0.15) is 29.6 Å². The van der Waals surface area contributed by atoms with Gasteiger partial charge in [0, 0.05) is 18.7 Å². The number of likely N-dealkylation sites (tertiary alicyclic amines) is 1. The van der Waals surface area contributed by atoms with Gasteiger partial charge >= 0.3 is 5.97 Å². The first-order chi connectivity index (χ1) is 11.1. The minimum atomic E-state index is -0.896. The van der Waals surface area contributed by atoms with Crippen LogP contribution in [0.5, 0.6) is 11.5 Å². The molecular weight excluding hydrogens is 298 g/mol. The number of benzene rings is 1. The fourth-order valence-corrected chi connectivity index (χ4v) is 2.75. The summed E-state index contributed by atoms with van der Waals surface area (Å²) < 4.78 is 10.7. The lowest BCUT2D eigenvalue weighted by Crippen LogP contribution is -2.37. The Balaban J connectivity index is 2.26. The van der Waals surface area contributed by atoms with Gasteiger partial charge in [0.1, 0.15) is 18.1 Å². The van der Waals surface area contributed by atoms with E-state index in [9.17, 15) is 9.59 Å². The normalized spacial score (nSPS) is 16.9. The Labute approximate surface area is 135 Å². The second-order valence-electron chi connectivity index (χ2n) is 5.35. The Morgan fingerprint density at radius 2 is 2.26 bits per heavy atom. The van der Waals surface area contributed by atoms with Crippen molar-refractivity contribution >= 4 is 11.9 Å². The number of carboxylic acids is 1. The van der Waals surface area contributed by atoms with E-state index >= 15 is 0 Å². The second-order valence-corrected chi connectivity index (χ2v) is 5.35. The van der Waals surface area contributed by atoms with Crippen LogP contribution in [0.15, 0.2) is 30.9 Å². The van der Waals surface area contributed by atoms with Crippen molar-refractivity contribution in [2.75, 3.05) is 20.3 Å². The summed E-state index contributed by atoms with van der Waals surface area (Å²) in [5.74, 6) is -0.109. The fourth-order valence-electron chi connectivity index (χ4n) is 2.75. The lowest BCUT2D eigenvalue weighted by molar-refractivity contribution is -0.137. The van der Waals surface area contributed by atoms with Gasteiger partial charge in [-0.05, 0) is 25.0 Å². The van der Waals surface area contributed by atoms with E-state index in [2.05, 4.69) is 6.58 Å². The molecule has 1 atom stereocenters. The van der Waals surface area contributed by atoms with E-state index in [4.69, 9.17) is 14.6 Å². The molecule has 0 aliphatic carbocycles. The number of carboxylic acid groups (broad SMARTS) is 1. The number of aliphatic carboxylic acids is 1. The van der Waals surface area contributed by atoms with Gasteiger partial charge in [-0.25, -0.2) is 0 Å². The zero-order chi connectivity index (χ0) is 16.8. The van der Waals surface area contributed by atoms with Crippen LogP contribution in [0.2, 0.25) is 0 Å². The minimum Gasteiger partial charge on any atom is -0.497 e. The van der Waals surface area contributed by atoms with Crippen molar-refractivity contribution in [1.29, 1.82) is 0 Å². The van der Waals surface area contributed by atoms with Gasteiger partial charge < -0.3 is 19.5 Å². The molecule has 0 bridgehead atoms. The summed E-state index contributed by atoms with van der Waals surface area (Å²) in [6.07, 6.45) is 3.07. The predicted octanol–water partition coefficient (Wildman–Crippen LogP) is 2.34. The standard InChI is InChI=1S/C17H21NO5/c1-3-9-23-15-11-13(22-2)6-7-14(15)17(21)18-8-4-5-12(18)10-16(19)20/h3,6-7,11-12H,1,4-5,8-10H2,2H3,(H,19,20). The van der Waals surface area contributed by atoms with Crippen LogP contribution in [-0.2, 0) is 4.79 Å². The lowest BCUT2D eigenvalue weighted by atomic mass is 10.1. The van der Waals surface area contributed by atoms with Crippen LogP contribution in [-0.4, -0.2) is 48.2 Å². The van der Waals surface area contributed by atoms with Crippen LogP contribution in [0, 0.1) is 0 Å². The number of methoxy groups -OCH3 is 1. The van der Waals surface area contributed by atoms with Crippen molar-refractivity contribution in [2.24, 2.45) is 0 Å². The van der Waals surface area contributed by atoms with Crippen molar-refractivity contribution in [2.45, 2.75) is 25.3 Å². The van der Waals surface area contributed by atoms with Crippen molar-refractivity contribution in [3.8, 4) is 11.5 Å². The van der Waals surface area contributed by atoms with Gasteiger partial charge in [-0.2, -0.15) is 0 Å². The third kappa shape index (κ3) is 4.03. The van der Waals surface area contributed by atoms with Crippen LogP contribution in [0.25, 0.3) is 0 Å². The van der Waals surface area contributed by atoms with E-state index in [1.807, 2.05) is 0 Å². The number of amides is 1. The first-order valence-electron chi connectivity index (χ1n) is 7.51. The lowest BCUT2D eigenvalue weighted by Gasteiger charge is -2.24. The van der Waals surface area contributed by atoms with Gasteiger partial charge in [-0.15, -0.1) is 0 Å². The van der Waals surface area contributed by atoms with Gasteiger partial charge in [-0.3, -0.25) is 9.59 Å². The molecule has 2 rings (SSSR count). The number of carbonyl (C=O) groups excluding carboxylic acids is 1. The fraction of sp³-hybridized carbons (Fsp3) is 0.412. The van der Waals surface area contributed by atoms with Crippen molar-refractivity contribution in [3.05, 3.63) is 36.4 Å². The summed E-state index contributed by atoms with van der Waals surface area (Å²) in [4.78, 5) is 25.4. The van der Waals surface area contributed by atoms with Gasteiger partial charge in [-0.1, -0.05) is 12.7 Å². The SMILES string of the molecule is C=CCOc1cc(OC)ccc1C(=O)N1CCCC1CC(=O)O. The molecule has 1 unspecified atom stereocenters. The Bertz CT molecular complexity index is 599. The highest BCUT2D eigenvalue weighted by Gasteiger charge is 2.32. The summed E-state index contributed by atoms with van der Waals surface area (Å²) in [6.45, 7) is 4.43. The van der Waals surface area contributed by atoms with Crippen LogP contribution in [0.4, 0.5) is 0 Å². The van der Waals surface area contributed by atoms with Crippen LogP contribution >= 0.6 is 0 Å². The zero-order valence-corrected chi connectivity index (χ0v) is 13.2. The molecule has 0 radical (unpaired) electrons. The third-order valence-electron chi connectivity index (χ3n) is 3.82. The molecule has 1 amide bonds. The predicted molar refractivity (Wildman–Crippen MR) is 85.0 cm³/mol. The van der Waals surface area contributed by atoms with Gasteiger partial charge in [0.15, 0.2) is 0 Å². The molecule has 1 saturated heterocycles. The van der Waals surface area contributed by atoms with Gasteiger partial charge in [0.25, 0.3) is 5.91 Å². The summed E-state index contributed by atoms with van der Waals surface area (Å²) in [6, 6.07) is 4.72. The number of hydrogen-bond acceptors (Lipinski definition) is 4. The topological polar surface area (TPSA) is 76.1 Å².